The zero-order valence-corrected chi connectivity index (χ0v) is 14.5. The highest BCUT2D eigenvalue weighted by atomic mass is 16.5. The topological polar surface area (TPSA) is 63.6 Å². The summed E-state index contributed by atoms with van der Waals surface area (Å²) in [4.78, 5) is 23.4. The maximum Gasteiger partial charge on any atom is 0.338 e. The molecule has 4 heteroatoms. The Balaban J connectivity index is 0.000000980. The van der Waals surface area contributed by atoms with Gasteiger partial charge in [-0.05, 0) is 18.1 Å². The predicted molar refractivity (Wildman–Crippen MR) is 88.1 cm³/mol. The fraction of sp³-hybridized carbons (Fsp3) is 0.556. The fourth-order valence-electron chi connectivity index (χ4n) is 1.41. The first-order chi connectivity index (χ1) is 10.1. The van der Waals surface area contributed by atoms with Gasteiger partial charge < -0.3 is 9.84 Å². The van der Waals surface area contributed by atoms with Gasteiger partial charge in [0.25, 0.3) is 0 Å². The lowest BCUT2D eigenvalue weighted by Crippen LogP contribution is -2.20. The maximum atomic E-state index is 12.0. The minimum Gasteiger partial charge on any atom is -0.460 e. The van der Waals surface area contributed by atoms with Crippen LogP contribution in [0.1, 0.15) is 62.3 Å². The van der Waals surface area contributed by atoms with E-state index in [0.29, 0.717) is 11.1 Å². The molecule has 0 radical (unpaired) electrons. The van der Waals surface area contributed by atoms with Crippen molar-refractivity contribution in [3.8, 4) is 0 Å². The molecule has 0 aliphatic carbocycles. The molecule has 0 atom stereocenters. The lowest BCUT2D eigenvalue weighted by molar-refractivity contribution is 0.0433. The monoisotopic (exact) mass is 308 g/mol. The van der Waals surface area contributed by atoms with Gasteiger partial charge in [0.2, 0.25) is 0 Å². The summed E-state index contributed by atoms with van der Waals surface area (Å²) in [5.41, 5.74) is 0.494. The molecular weight excluding hydrogens is 280 g/mol. The zero-order chi connectivity index (χ0) is 17.3. The molecule has 0 saturated heterocycles. The Kier molecular flexibility index (Phi) is 8.65. The number of aliphatic hydroxyl groups is 1. The summed E-state index contributed by atoms with van der Waals surface area (Å²) in [6, 6.07) is 6.34. The number of ether oxygens (including phenoxy) is 1. The Morgan fingerprint density at radius 1 is 1.05 bits per heavy atom. The molecule has 1 aromatic carbocycles. The third-order valence-corrected chi connectivity index (χ3v) is 2.39. The van der Waals surface area contributed by atoms with Crippen molar-refractivity contribution < 1.29 is 19.4 Å². The number of hydrogen-bond donors (Lipinski definition) is 1. The van der Waals surface area contributed by atoms with E-state index in [1.54, 1.807) is 24.3 Å². The molecule has 0 amide bonds. The van der Waals surface area contributed by atoms with Crippen LogP contribution < -0.4 is 0 Å². The Bertz CT molecular complexity index is 464. The second-order valence-electron chi connectivity index (χ2n) is 6.75. The van der Waals surface area contributed by atoms with E-state index in [9.17, 15) is 9.59 Å². The van der Waals surface area contributed by atoms with Crippen molar-refractivity contribution in [2.75, 3.05) is 13.2 Å². The zero-order valence-electron chi connectivity index (χ0n) is 14.5. The molecule has 0 aromatic heterocycles. The molecule has 124 valence electrons. The van der Waals surface area contributed by atoms with Gasteiger partial charge in [0.1, 0.15) is 6.61 Å². The van der Waals surface area contributed by atoms with E-state index in [1.165, 1.54) is 0 Å². The van der Waals surface area contributed by atoms with Crippen molar-refractivity contribution in [1.29, 1.82) is 0 Å². The molecule has 0 bridgehead atoms. The summed E-state index contributed by atoms with van der Waals surface area (Å²) in [5, 5.41) is 8.55. The van der Waals surface area contributed by atoms with Crippen molar-refractivity contribution in [1.82, 2.24) is 0 Å². The fourth-order valence-corrected chi connectivity index (χ4v) is 1.41. The second-order valence-corrected chi connectivity index (χ2v) is 6.75. The second kappa shape index (κ2) is 9.36. The number of esters is 1. The SMILES string of the molecule is CC(C)(C)C(=O)c1ccc(C(=O)OCCO)cc1.CC(C)C. The van der Waals surface area contributed by atoms with Gasteiger partial charge in [0.05, 0.1) is 12.2 Å². The smallest absolute Gasteiger partial charge is 0.338 e. The van der Waals surface area contributed by atoms with E-state index >= 15 is 0 Å². The summed E-state index contributed by atoms with van der Waals surface area (Å²) in [7, 11) is 0. The average Bonchev–Trinajstić information content (AvgIpc) is 2.42. The number of Topliss-reactive ketones (excluding diaryl/α,β-unsaturated/α-hetero) is 1. The molecule has 0 unspecified atom stereocenters. The van der Waals surface area contributed by atoms with Crippen LogP contribution in [-0.4, -0.2) is 30.1 Å². The van der Waals surface area contributed by atoms with Crippen molar-refractivity contribution in [2.24, 2.45) is 11.3 Å². The van der Waals surface area contributed by atoms with Crippen LogP contribution in [0.5, 0.6) is 0 Å². The number of hydrogen-bond acceptors (Lipinski definition) is 4. The minimum absolute atomic E-state index is 0.0257. The summed E-state index contributed by atoms with van der Waals surface area (Å²) in [6.07, 6.45) is 0. The molecule has 0 heterocycles. The number of ketones is 1. The maximum absolute atomic E-state index is 12.0. The van der Waals surface area contributed by atoms with E-state index < -0.39 is 11.4 Å². The molecule has 0 saturated carbocycles. The van der Waals surface area contributed by atoms with Crippen molar-refractivity contribution >= 4 is 11.8 Å². The molecule has 1 rings (SSSR count). The summed E-state index contributed by atoms with van der Waals surface area (Å²) in [6.45, 7) is 11.8. The Hall–Kier alpha value is -1.68. The van der Waals surface area contributed by atoms with Gasteiger partial charge in [0, 0.05) is 11.0 Å². The molecule has 4 nitrogen and oxygen atoms in total. The van der Waals surface area contributed by atoms with Gasteiger partial charge in [0.15, 0.2) is 5.78 Å². The van der Waals surface area contributed by atoms with Crippen LogP contribution >= 0.6 is 0 Å². The third-order valence-electron chi connectivity index (χ3n) is 2.39. The molecule has 0 fully saturated rings. The van der Waals surface area contributed by atoms with Crippen molar-refractivity contribution in [2.45, 2.75) is 41.5 Å². The van der Waals surface area contributed by atoms with Crippen LogP contribution in [0.15, 0.2) is 24.3 Å². The largest absolute Gasteiger partial charge is 0.460 e. The summed E-state index contributed by atoms with van der Waals surface area (Å²) < 4.78 is 4.77. The van der Waals surface area contributed by atoms with Gasteiger partial charge in [-0.25, -0.2) is 4.79 Å². The Morgan fingerprint density at radius 2 is 1.45 bits per heavy atom. The number of carbonyl (C=O) groups excluding carboxylic acids is 2. The van der Waals surface area contributed by atoms with Gasteiger partial charge in [-0.2, -0.15) is 0 Å². The molecule has 0 aliphatic rings. The van der Waals surface area contributed by atoms with Gasteiger partial charge in [-0.1, -0.05) is 53.7 Å². The van der Waals surface area contributed by atoms with Crippen molar-refractivity contribution in [3.05, 3.63) is 35.4 Å². The molecular formula is C18H28O4. The molecule has 22 heavy (non-hydrogen) atoms. The Morgan fingerprint density at radius 3 is 1.82 bits per heavy atom. The van der Waals surface area contributed by atoms with Crippen molar-refractivity contribution in [3.63, 3.8) is 0 Å². The predicted octanol–water partition coefficient (Wildman–Crippen LogP) is 3.73. The first kappa shape index (κ1) is 20.3. The van der Waals surface area contributed by atoms with Gasteiger partial charge >= 0.3 is 5.97 Å². The lowest BCUT2D eigenvalue weighted by atomic mass is 9.86. The average molecular weight is 308 g/mol. The van der Waals surface area contributed by atoms with Crippen LogP contribution in [-0.2, 0) is 4.74 Å². The van der Waals surface area contributed by atoms with Crippen LogP contribution in [0.2, 0.25) is 0 Å². The normalized spacial score (nSPS) is 10.7. The van der Waals surface area contributed by atoms with Crippen LogP contribution in [0.3, 0.4) is 0 Å². The highest BCUT2D eigenvalue weighted by molar-refractivity contribution is 6.00. The van der Waals surface area contributed by atoms with E-state index in [1.807, 2.05) is 20.8 Å². The Labute approximate surface area is 133 Å². The molecule has 1 N–H and O–H groups in total. The van der Waals surface area contributed by atoms with E-state index in [2.05, 4.69) is 20.8 Å². The highest BCUT2D eigenvalue weighted by Gasteiger charge is 2.22. The minimum atomic E-state index is -0.501. The first-order valence-electron chi connectivity index (χ1n) is 7.52. The quantitative estimate of drug-likeness (QED) is 0.680. The third kappa shape index (κ3) is 7.93. The molecule has 0 spiro atoms. The summed E-state index contributed by atoms with van der Waals surface area (Å²) in [5.74, 6) is 0.358. The van der Waals surface area contributed by atoms with Crippen LogP contribution in [0, 0.1) is 11.3 Å². The number of carbonyl (C=O) groups is 2. The molecule has 1 aromatic rings. The van der Waals surface area contributed by atoms with Crippen LogP contribution in [0.25, 0.3) is 0 Å². The number of rotatable bonds is 4. The number of benzene rings is 1. The van der Waals surface area contributed by atoms with E-state index in [-0.39, 0.29) is 19.0 Å². The lowest BCUT2D eigenvalue weighted by Gasteiger charge is -2.16. The van der Waals surface area contributed by atoms with E-state index in [0.717, 1.165) is 5.92 Å². The molecule has 0 aliphatic heterocycles. The van der Waals surface area contributed by atoms with Gasteiger partial charge in [-0.3, -0.25) is 4.79 Å². The van der Waals surface area contributed by atoms with E-state index in [4.69, 9.17) is 9.84 Å². The van der Waals surface area contributed by atoms with Crippen LogP contribution in [0.4, 0.5) is 0 Å². The number of aliphatic hydroxyl groups excluding tert-OH is 1. The standard InChI is InChI=1S/C14H18O4.C4H10/c1-14(2,3)12(16)10-4-6-11(7-5-10)13(17)18-9-8-15;1-4(2)3/h4-7,15H,8-9H2,1-3H3;4H,1-3H3. The summed E-state index contributed by atoms with van der Waals surface area (Å²) >= 11 is 0. The van der Waals surface area contributed by atoms with Gasteiger partial charge in [-0.15, -0.1) is 0 Å². The first-order valence-corrected chi connectivity index (χ1v) is 7.52. The highest BCUT2D eigenvalue weighted by Crippen LogP contribution is 2.21.